The predicted octanol–water partition coefficient (Wildman–Crippen LogP) is 5.17. The fourth-order valence-corrected chi connectivity index (χ4v) is 5.11. The molecule has 0 fully saturated rings. The summed E-state index contributed by atoms with van der Waals surface area (Å²) in [6.45, 7) is 0.566. The summed E-state index contributed by atoms with van der Waals surface area (Å²) in [4.78, 5) is 17.7. The van der Waals surface area contributed by atoms with Crippen LogP contribution in [0.5, 0.6) is 0 Å². The van der Waals surface area contributed by atoms with Crippen molar-refractivity contribution in [3.63, 3.8) is 0 Å². The largest absolute Gasteiger partial charge is 0.390 e. The third-order valence-corrected chi connectivity index (χ3v) is 6.97. The minimum atomic E-state index is -0.899. The number of aliphatic hydroxyl groups excluding tert-OH is 1. The van der Waals surface area contributed by atoms with Crippen molar-refractivity contribution in [2.24, 2.45) is 4.99 Å². The number of hydrogen-bond donors (Lipinski definition) is 3. The van der Waals surface area contributed by atoms with Gasteiger partial charge in [0.05, 0.1) is 24.8 Å². The minimum absolute atomic E-state index is 0.0180. The molecule has 3 N–H and O–H groups in total. The standard InChI is InChI=1S/C29H28F3N3O3/c1-38-15-20-3-2-4-27(34-20)33-19-8-5-16-12-26(36)28(23(16)14-19)35-29(37)17-6-9-21(24(31)11-17)22-10-7-18(30)13-25(22)32/h5-11,13-14,20,26,28,36H,2-4,12,15H2,1H3,(H,33,34)(H,35,37)/t20?,26-,28-/m1/s1. The molecule has 0 aromatic heterocycles. The van der Waals surface area contributed by atoms with Gasteiger partial charge in [-0.1, -0.05) is 12.1 Å². The summed E-state index contributed by atoms with van der Waals surface area (Å²) in [5.41, 5.74) is 2.30. The van der Waals surface area contributed by atoms with Gasteiger partial charge in [-0.05, 0) is 60.4 Å². The van der Waals surface area contributed by atoms with Gasteiger partial charge in [0, 0.05) is 48.4 Å². The number of nitrogens with one attached hydrogen (secondary N) is 2. The summed E-state index contributed by atoms with van der Waals surface area (Å²) in [6, 6.07) is 11.7. The molecule has 1 heterocycles. The number of hydrogen-bond acceptors (Lipinski definition) is 5. The Hall–Kier alpha value is -3.69. The average Bonchev–Trinajstić information content (AvgIpc) is 3.19. The highest BCUT2D eigenvalue weighted by atomic mass is 19.1. The number of carbonyl (C=O) groups is 1. The topological polar surface area (TPSA) is 83.0 Å². The summed E-state index contributed by atoms with van der Waals surface area (Å²) in [5, 5.41) is 16.9. The van der Waals surface area contributed by atoms with Crippen LogP contribution in [0, 0.1) is 17.5 Å². The Kier molecular flexibility index (Phi) is 7.49. The van der Waals surface area contributed by atoms with E-state index in [4.69, 9.17) is 9.73 Å². The number of fused-ring (bicyclic) bond motifs is 1. The van der Waals surface area contributed by atoms with Crippen LogP contribution >= 0.6 is 0 Å². The molecule has 0 bridgehead atoms. The van der Waals surface area contributed by atoms with E-state index in [0.717, 1.165) is 60.1 Å². The van der Waals surface area contributed by atoms with Gasteiger partial charge >= 0.3 is 0 Å². The summed E-state index contributed by atoms with van der Waals surface area (Å²) in [7, 11) is 1.66. The summed E-state index contributed by atoms with van der Waals surface area (Å²) in [6.07, 6.45) is 2.33. The Balaban J connectivity index is 1.33. The molecule has 9 heteroatoms. The van der Waals surface area contributed by atoms with Crippen LogP contribution in [0.1, 0.15) is 46.8 Å². The molecule has 0 radical (unpaired) electrons. The highest BCUT2D eigenvalue weighted by Gasteiger charge is 2.33. The Morgan fingerprint density at radius 2 is 1.82 bits per heavy atom. The van der Waals surface area contributed by atoms with Crippen molar-refractivity contribution in [2.45, 2.75) is 43.9 Å². The third-order valence-electron chi connectivity index (χ3n) is 6.97. The van der Waals surface area contributed by atoms with E-state index in [0.29, 0.717) is 19.1 Å². The van der Waals surface area contributed by atoms with E-state index in [1.165, 1.54) is 12.1 Å². The predicted molar refractivity (Wildman–Crippen MR) is 139 cm³/mol. The van der Waals surface area contributed by atoms with Crippen molar-refractivity contribution >= 4 is 17.4 Å². The van der Waals surface area contributed by atoms with Gasteiger partial charge in [0.1, 0.15) is 23.3 Å². The molecule has 38 heavy (non-hydrogen) atoms. The number of carbonyl (C=O) groups excluding carboxylic acids is 1. The molecule has 0 saturated carbocycles. The van der Waals surface area contributed by atoms with Crippen LogP contribution in [0.4, 0.5) is 18.9 Å². The number of nitrogens with zero attached hydrogens (tertiary/aromatic N) is 1. The lowest BCUT2D eigenvalue weighted by Crippen LogP contribution is -2.34. The highest BCUT2D eigenvalue weighted by molar-refractivity contribution is 5.96. The number of methoxy groups -OCH3 is 1. The Labute approximate surface area is 218 Å². The van der Waals surface area contributed by atoms with Crippen LogP contribution < -0.4 is 10.6 Å². The number of ether oxygens (including phenoxy) is 1. The average molecular weight is 524 g/mol. The second-order valence-corrected chi connectivity index (χ2v) is 9.66. The Morgan fingerprint density at radius 3 is 2.55 bits per heavy atom. The molecule has 6 nitrogen and oxygen atoms in total. The van der Waals surface area contributed by atoms with E-state index in [2.05, 4.69) is 10.6 Å². The number of halogens is 3. The molecule has 3 atom stereocenters. The van der Waals surface area contributed by atoms with Gasteiger partial charge in [0.2, 0.25) is 0 Å². The lowest BCUT2D eigenvalue weighted by molar-refractivity contribution is 0.0858. The molecule has 3 aromatic rings. The van der Waals surface area contributed by atoms with E-state index < -0.39 is 35.5 Å². The first-order chi connectivity index (χ1) is 18.3. The Bertz CT molecular complexity index is 1390. The number of amidine groups is 1. The van der Waals surface area contributed by atoms with E-state index in [1.807, 2.05) is 18.2 Å². The maximum atomic E-state index is 14.8. The zero-order valence-corrected chi connectivity index (χ0v) is 20.8. The molecule has 3 aromatic carbocycles. The lowest BCUT2D eigenvalue weighted by atomic mass is 10.0. The lowest BCUT2D eigenvalue weighted by Gasteiger charge is -2.22. The molecule has 5 rings (SSSR count). The number of rotatable bonds is 6. The van der Waals surface area contributed by atoms with Crippen molar-refractivity contribution in [3.8, 4) is 11.1 Å². The van der Waals surface area contributed by atoms with Crippen LogP contribution in [0.2, 0.25) is 0 Å². The fraction of sp³-hybridized carbons (Fsp3) is 0.310. The van der Waals surface area contributed by atoms with Gasteiger partial charge in [-0.15, -0.1) is 0 Å². The van der Waals surface area contributed by atoms with Gasteiger partial charge in [-0.3, -0.25) is 9.79 Å². The molecular weight excluding hydrogens is 495 g/mol. The van der Waals surface area contributed by atoms with Gasteiger partial charge in [0.15, 0.2) is 0 Å². The Morgan fingerprint density at radius 1 is 1.05 bits per heavy atom. The van der Waals surface area contributed by atoms with Crippen molar-refractivity contribution in [3.05, 3.63) is 88.7 Å². The first-order valence-electron chi connectivity index (χ1n) is 12.5. The molecule has 0 saturated heterocycles. The van der Waals surface area contributed by atoms with E-state index in [1.54, 1.807) is 7.11 Å². The molecule has 0 spiro atoms. The fourth-order valence-electron chi connectivity index (χ4n) is 5.11. The van der Waals surface area contributed by atoms with Gasteiger partial charge in [0.25, 0.3) is 5.91 Å². The number of aliphatic imine (C=N–C) groups is 1. The first kappa shape index (κ1) is 25.9. The number of aliphatic hydroxyl groups is 1. The van der Waals surface area contributed by atoms with Crippen molar-refractivity contribution in [1.29, 1.82) is 0 Å². The molecule has 1 unspecified atom stereocenters. The van der Waals surface area contributed by atoms with Crippen LogP contribution in [-0.2, 0) is 11.2 Å². The zero-order valence-electron chi connectivity index (χ0n) is 20.8. The van der Waals surface area contributed by atoms with Gasteiger partial charge in [-0.2, -0.15) is 0 Å². The molecule has 1 aliphatic heterocycles. The van der Waals surface area contributed by atoms with Crippen LogP contribution in [0.15, 0.2) is 59.6 Å². The third kappa shape index (κ3) is 5.44. The molecule has 198 valence electrons. The highest BCUT2D eigenvalue weighted by Crippen LogP contribution is 2.34. The normalized spacial score (nSPS) is 20.6. The molecule has 1 aliphatic carbocycles. The maximum Gasteiger partial charge on any atom is 0.251 e. The SMILES string of the molecule is COCC1CCCC(Nc2ccc3c(c2)[C@@H](NC(=O)c2ccc(-c4ccc(F)cc4F)c(F)c2)[C@H](O)C3)=N1. The van der Waals surface area contributed by atoms with Crippen LogP contribution in [0.25, 0.3) is 11.1 Å². The van der Waals surface area contributed by atoms with Crippen molar-refractivity contribution in [1.82, 2.24) is 5.32 Å². The van der Waals surface area contributed by atoms with E-state index in [-0.39, 0.29) is 22.7 Å². The maximum absolute atomic E-state index is 14.8. The monoisotopic (exact) mass is 523 g/mol. The first-order valence-corrected chi connectivity index (χ1v) is 12.5. The second kappa shape index (κ2) is 11.0. The van der Waals surface area contributed by atoms with Crippen LogP contribution in [-0.4, -0.2) is 42.7 Å². The van der Waals surface area contributed by atoms with Gasteiger partial charge < -0.3 is 20.5 Å². The number of benzene rings is 3. The number of anilines is 1. The van der Waals surface area contributed by atoms with Crippen LogP contribution in [0.3, 0.4) is 0 Å². The van der Waals surface area contributed by atoms with Crippen molar-refractivity contribution in [2.75, 3.05) is 19.0 Å². The van der Waals surface area contributed by atoms with Gasteiger partial charge in [-0.25, -0.2) is 13.2 Å². The molecule has 1 amide bonds. The zero-order chi connectivity index (χ0) is 26.8. The molecule has 2 aliphatic rings. The quantitative estimate of drug-likeness (QED) is 0.417. The summed E-state index contributed by atoms with van der Waals surface area (Å²) in [5.74, 6) is -2.19. The smallest absolute Gasteiger partial charge is 0.251 e. The summed E-state index contributed by atoms with van der Waals surface area (Å²) >= 11 is 0. The van der Waals surface area contributed by atoms with E-state index in [9.17, 15) is 23.1 Å². The second-order valence-electron chi connectivity index (χ2n) is 9.66. The molecular formula is C29H28F3N3O3. The number of amides is 1. The van der Waals surface area contributed by atoms with E-state index >= 15 is 0 Å². The van der Waals surface area contributed by atoms with Crippen molar-refractivity contribution < 1.29 is 27.8 Å². The summed E-state index contributed by atoms with van der Waals surface area (Å²) < 4.78 is 47.4. The minimum Gasteiger partial charge on any atom is -0.390 e.